The molecule has 0 aliphatic heterocycles. The van der Waals surface area contributed by atoms with Crippen molar-refractivity contribution in [1.29, 1.82) is 0 Å². The van der Waals surface area contributed by atoms with Crippen LogP contribution in [0.1, 0.15) is 20.3 Å². The van der Waals surface area contributed by atoms with Crippen LogP contribution in [0.3, 0.4) is 0 Å². The zero-order valence-corrected chi connectivity index (χ0v) is 12.9. The number of nitro groups is 1. The normalized spacial score (nSPS) is 13.4. The molecule has 0 heterocycles. The second-order valence-corrected chi connectivity index (χ2v) is 6.88. The Labute approximate surface area is 122 Å². The van der Waals surface area contributed by atoms with Gasteiger partial charge in [-0.3, -0.25) is 10.1 Å². The molecular formula is C12H18FN3O4S. The molecule has 0 spiro atoms. The van der Waals surface area contributed by atoms with Gasteiger partial charge in [0.15, 0.2) is 5.82 Å². The van der Waals surface area contributed by atoms with E-state index in [0.717, 1.165) is 16.8 Å². The van der Waals surface area contributed by atoms with Crippen LogP contribution in [0.25, 0.3) is 0 Å². The molecule has 1 aromatic carbocycles. The molecular weight excluding hydrogens is 301 g/mol. The highest BCUT2D eigenvalue weighted by Crippen LogP contribution is 2.29. The number of sulfonamides is 1. The number of anilines is 1. The fourth-order valence-corrected chi connectivity index (χ4v) is 3.22. The molecule has 1 aromatic rings. The molecule has 118 valence electrons. The lowest BCUT2D eigenvalue weighted by molar-refractivity contribution is -0.385. The summed E-state index contributed by atoms with van der Waals surface area (Å²) in [5.41, 5.74) is 4.43. The molecule has 1 rings (SSSR count). The molecule has 1 unspecified atom stereocenters. The monoisotopic (exact) mass is 319 g/mol. The van der Waals surface area contributed by atoms with Gasteiger partial charge >= 0.3 is 0 Å². The fraction of sp³-hybridized carbons (Fsp3) is 0.500. The summed E-state index contributed by atoms with van der Waals surface area (Å²) in [5.74, 6) is -1.13. The molecule has 0 aromatic heterocycles. The summed E-state index contributed by atoms with van der Waals surface area (Å²) in [6.45, 7) is 3.97. The molecule has 7 nitrogen and oxygen atoms in total. The molecule has 9 heteroatoms. The number of benzene rings is 1. The van der Waals surface area contributed by atoms with Crippen molar-refractivity contribution < 1.29 is 17.7 Å². The number of non-ortho nitro benzene ring substituents is 1. The highest BCUT2D eigenvalue weighted by atomic mass is 32.2. The van der Waals surface area contributed by atoms with Gasteiger partial charge in [0.2, 0.25) is 10.0 Å². The summed E-state index contributed by atoms with van der Waals surface area (Å²) < 4.78 is 39.6. The molecule has 0 amide bonds. The van der Waals surface area contributed by atoms with Gasteiger partial charge in [-0.1, -0.05) is 20.3 Å². The van der Waals surface area contributed by atoms with E-state index in [1.54, 1.807) is 0 Å². The van der Waals surface area contributed by atoms with Crippen molar-refractivity contribution in [2.75, 3.05) is 19.3 Å². The van der Waals surface area contributed by atoms with E-state index in [9.17, 15) is 22.9 Å². The Morgan fingerprint density at radius 1 is 1.48 bits per heavy atom. The van der Waals surface area contributed by atoms with Crippen molar-refractivity contribution >= 4 is 21.4 Å². The highest BCUT2D eigenvalue weighted by Gasteiger charge is 2.29. The molecule has 2 N–H and O–H groups in total. The summed E-state index contributed by atoms with van der Waals surface area (Å²) in [6.07, 6.45) is 0.762. The summed E-state index contributed by atoms with van der Waals surface area (Å²) in [7, 11) is -2.82. The van der Waals surface area contributed by atoms with E-state index in [4.69, 9.17) is 5.73 Å². The van der Waals surface area contributed by atoms with Gasteiger partial charge in [0, 0.05) is 19.7 Å². The third kappa shape index (κ3) is 3.67. The van der Waals surface area contributed by atoms with Crippen LogP contribution in [0, 0.1) is 21.8 Å². The van der Waals surface area contributed by atoms with Crippen LogP contribution >= 0.6 is 0 Å². The summed E-state index contributed by atoms with van der Waals surface area (Å²) >= 11 is 0. The predicted molar refractivity (Wildman–Crippen MR) is 76.7 cm³/mol. The van der Waals surface area contributed by atoms with Gasteiger partial charge in [0.1, 0.15) is 4.90 Å². The summed E-state index contributed by atoms with van der Waals surface area (Å²) in [6, 6.07) is 1.40. The van der Waals surface area contributed by atoms with Gasteiger partial charge < -0.3 is 5.73 Å². The minimum Gasteiger partial charge on any atom is -0.397 e. The Morgan fingerprint density at radius 3 is 2.48 bits per heavy atom. The Morgan fingerprint density at radius 2 is 2.05 bits per heavy atom. The first kappa shape index (κ1) is 17.3. The first-order valence-electron chi connectivity index (χ1n) is 6.31. The topological polar surface area (TPSA) is 107 Å². The third-order valence-corrected chi connectivity index (χ3v) is 5.12. The maximum atomic E-state index is 14.0. The van der Waals surface area contributed by atoms with Crippen LogP contribution in [0.4, 0.5) is 15.8 Å². The first-order valence-corrected chi connectivity index (χ1v) is 7.75. The second-order valence-electron chi connectivity index (χ2n) is 4.90. The van der Waals surface area contributed by atoms with Gasteiger partial charge in [-0.15, -0.1) is 0 Å². The zero-order valence-electron chi connectivity index (χ0n) is 12.0. The molecule has 0 bridgehead atoms. The van der Waals surface area contributed by atoms with Gasteiger partial charge in [0.25, 0.3) is 5.69 Å². The SMILES string of the molecule is CCC(C)CN(C)S(=O)(=O)c1c(N)cc([N+](=O)[O-])cc1F. The Kier molecular flexibility index (Phi) is 5.24. The molecule has 0 aliphatic rings. The van der Waals surface area contributed by atoms with Crippen LogP contribution in [-0.2, 0) is 10.0 Å². The largest absolute Gasteiger partial charge is 0.397 e. The van der Waals surface area contributed by atoms with Crippen LogP contribution in [0.5, 0.6) is 0 Å². The smallest absolute Gasteiger partial charge is 0.274 e. The number of halogens is 1. The van der Waals surface area contributed by atoms with E-state index >= 15 is 0 Å². The van der Waals surface area contributed by atoms with Crippen molar-refractivity contribution in [2.24, 2.45) is 5.92 Å². The molecule has 0 saturated carbocycles. The van der Waals surface area contributed by atoms with E-state index in [1.807, 2.05) is 13.8 Å². The number of rotatable bonds is 6. The Balaban J connectivity index is 3.29. The lowest BCUT2D eigenvalue weighted by atomic mass is 10.1. The molecule has 0 radical (unpaired) electrons. The minimum absolute atomic E-state index is 0.0899. The van der Waals surface area contributed by atoms with E-state index in [0.29, 0.717) is 6.07 Å². The van der Waals surface area contributed by atoms with Crippen molar-refractivity contribution in [1.82, 2.24) is 4.31 Å². The third-order valence-electron chi connectivity index (χ3n) is 3.20. The van der Waals surface area contributed by atoms with Gasteiger partial charge in [0.05, 0.1) is 16.7 Å². The van der Waals surface area contributed by atoms with Gasteiger partial charge in [-0.25, -0.2) is 17.1 Å². The molecule has 0 aliphatic carbocycles. The van der Waals surface area contributed by atoms with Crippen molar-refractivity contribution in [3.8, 4) is 0 Å². The lowest BCUT2D eigenvalue weighted by Gasteiger charge is -2.21. The maximum absolute atomic E-state index is 14.0. The van der Waals surface area contributed by atoms with E-state index in [1.165, 1.54) is 7.05 Å². The minimum atomic E-state index is -4.14. The highest BCUT2D eigenvalue weighted by molar-refractivity contribution is 7.89. The van der Waals surface area contributed by atoms with Crippen molar-refractivity contribution in [3.05, 3.63) is 28.1 Å². The Bertz CT molecular complexity index is 625. The van der Waals surface area contributed by atoms with E-state index < -0.39 is 37.0 Å². The van der Waals surface area contributed by atoms with Crippen LogP contribution < -0.4 is 5.73 Å². The van der Waals surface area contributed by atoms with Crippen molar-refractivity contribution in [3.63, 3.8) is 0 Å². The molecule has 0 fully saturated rings. The molecule has 21 heavy (non-hydrogen) atoms. The number of hydrogen-bond acceptors (Lipinski definition) is 5. The molecule has 1 atom stereocenters. The number of nitro benzene ring substituents is 1. The van der Waals surface area contributed by atoms with Gasteiger partial charge in [-0.2, -0.15) is 0 Å². The van der Waals surface area contributed by atoms with Crippen LogP contribution in [0.15, 0.2) is 17.0 Å². The fourth-order valence-electron chi connectivity index (χ4n) is 1.80. The average molecular weight is 319 g/mol. The summed E-state index contributed by atoms with van der Waals surface area (Å²) in [5, 5.41) is 10.6. The lowest BCUT2D eigenvalue weighted by Crippen LogP contribution is -2.32. The zero-order chi connectivity index (χ0) is 16.4. The molecule has 0 saturated heterocycles. The standard InChI is InChI=1S/C12H18FN3O4S/c1-4-8(2)7-15(3)21(19,20)12-10(13)5-9(16(17)18)6-11(12)14/h5-6,8H,4,7,14H2,1-3H3. The van der Waals surface area contributed by atoms with Crippen molar-refractivity contribution in [2.45, 2.75) is 25.2 Å². The predicted octanol–water partition coefficient (Wildman–Crippen LogP) is 1.98. The first-order chi connectivity index (χ1) is 9.61. The maximum Gasteiger partial charge on any atom is 0.274 e. The number of hydrogen-bond donors (Lipinski definition) is 1. The quantitative estimate of drug-likeness (QED) is 0.490. The number of nitrogens with zero attached hydrogens (tertiary/aromatic N) is 2. The number of nitrogen functional groups attached to an aromatic ring is 1. The van der Waals surface area contributed by atoms with Crippen LogP contribution in [0.2, 0.25) is 0 Å². The summed E-state index contributed by atoms with van der Waals surface area (Å²) in [4.78, 5) is 9.05. The van der Waals surface area contributed by atoms with Crippen LogP contribution in [-0.4, -0.2) is 31.2 Å². The van der Waals surface area contributed by atoms with E-state index in [2.05, 4.69) is 0 Å². The second kappa shape index (κ2) is 6.35. The average Bonchev–Trinajstić information content (AvgIpc) is 2.36. The number of nitrogens with two attached hydrogens (primary N) is 1. The Hall–Kier alpha value is -1.74. The van der Waals surface area contributed by atoms with Gasteiger partial charge in [-0.05, 0) is 5.92 Å². The van der Waals surface area contributed by atoms with E-state index in [-0.39, 0.29) is 12.5 Å².